The van der Waals surface area contributed by atoms with E-state index in [4.69, 9.17) is 16.7 Å². The Hall–Kier alpha value is -1.13. The van der Waals surface area contributed by atoms with Gasteiger partial charge in [-0.25, -0.2) is 4.79 Å². The van der Waals surface area contributed by atoms with Crippen LogP contribution in [0, 0.1) is 0 Å². The molecule has 1 N–H and O–H groups in total. The number of carboxylic acids is 1. The first kappa shape index (κ1) is 15.9. The first-order valence-corrected chi connectivity index (χ1v) is 7.73. The lowest BCUT2D eigenvalue weighted by molar-refractivity contribution is -0.131. The van der Waals surface area contributed by atoms with Crippen molar-refractivity contribution in [2.75, 3.05) is 30.5 Å². The van der Waals surface area contributed by atoms with Crippen LogP contribution in [0.25, 0.3) is 6.08 Å². The lowest BCUT2D eigenvalue weighted by Crippen LogP contribution is -2.20. The van der Waals surface area contributed by atoms with Crippen molar-refractivity contribution in [3.63, 3.8) is 0 Å². The minimum Gasteiger partial charge on any atom is -0.478 e. The lowest BCUT2D eigenvalue weighted by atomic mass is 10.1. The summed E-state index contributed by atoms with van der Waals surface area (Å²) in [6.07, 6.45) is 5.82. The SMILES string of the molecule is CSCCCN(C)c1cccc(Cl)c1/C=C/C(=O)O. The van der Waals surface area contributed by atoms with Gasteiger partial charge in [0.25, 0.3) is 0 Å². The molecule has 19 heavy (non-hydrogen) atoms. The molecule has 0 atom stereocenters. The van der Waals surface area contributed by atoms with E-state index in [1.165, 1.54) is 0 Å². The second kappa shape index (κ2) is 8.12. The van der Waals surface area contributed by atoms with Crippen LogP contribution in [0.15, 0.2) is 24.3 Å². The summed E-state index contributed by atoms with van der Waals surface area (Å²) >= 11 is 7.96. The summed E-state index contributed by atoms with van der Waals surface area (Å²) in [4.78, 5) is 12.7. The largest absolute Gasteiger partial charge is 0.478 e. The Morgan fingerprint density at radius 2 is 2.26 bits per heavy atom. The van der Waals surface area contributed by atoms with Gasteiger partial charge in [0.1, 0.15) is 0 Å². The molecule has 0 aliphatic heterocycles. The minimum atomic E-state index is -0.976. The minimum absolute atomic E-state index is 0.562. The summed E-state index contributed by atoms with van der Waals surface area (Å²) in [7, 11) is 1.99. The smallest absolute Gasteiger partial charge is 0.328 e. The summed E-state index contributed by atoms with van der Waals surface area (Å²) < 4.78 is 0. The van der Waals surface area contributed by atoms with Crippen LogP contribution in [0.3, 0.4) is 0 Å². The fourth-order valence-corrected chi connectivity index (χ4v) is 2.39. The molecule has 104 valence electrons. The zero-order valence-electron chi connectivity index (χ0n) is 11.1. The highest BCUT2D eigenvalue weighted by Gasteiger charge is 2.08. The third-order valence-electron chi connectivity index (χ3n) is 2.68. The van der Waals surface area contributed by atoms with Gasteiger partial charge in [-0.3, -0.25) is 0 Å². The second-order valence-electron chi connectivity index (χ2n) is 4.11. The number of halogens is 1. The number of benzene rings is 1. The van der Waals surface area contributed by atoms with E-state index in [-0.39, 0.29) is 0 Å². The normalized spacial score (nSPS) is 10.9. The first-order chi connectivity index (χ1) is 9.06. The molecule has 1 aromatic carbocycles. The van der Waals surface area contributed by atoms with E-state index in [0.29, 0.717) is 5.02 Å². The van der Waals surface area contributed by atoms with Gasteiger partial charge in [0.15, 0.2) is 0 Å². The van der Waals surface area contributed by atoms with Gasteiger partial charge in [0.05, 0.1) is 0 Å². The quantitative estimate of drug-likeness (QED) is 0.616. The summed E-state index contributed by atoms with van der Waals surface area (Å²) in [5, 5.41) is 9.28. The summed E-state index contributed by atoms with van der Waals surface area (Å²) in [6.45, 7) is 0.912. The molecule has 0 radical (unpaired) electrons. The van der Waals surface area contributed by atoms with Gasteiger partial charge in [0, 0.05) is 35.9 Å². The Balaban J connectivity index is 2.93. The van der Waals surface area contributed by atoms with Crippen LogP contribution >= 0.6 is 23.4 Å². The van der Waals surface area contributed by atoms with E-state index < -0.39 is 5.97 Å². The van der Waals surface area contributed by atoms with Gasteiger partial charge in [-0.1, -0.05) is 17.7 Å². The highest BCUT2D eigenvalue weighted by Crippen LogP contribution is 2.28. The van der Waals surface area contributed by atoms with Gasteiger partial charge in [-0.15, -0.1) is 0 Å². The van der Waals surface area contributed by atoms with Crippen LogP contribution < -0.4 is 4.90 Å². The zero-order valence-corrected chi connectivity index (χ0v) is 12.7. The third-order valence-corrected chi connectivity index (χ3v) is 3.70. The molecular weight excluding hydrogens is 282 g/mol. The molecule has 3 nitrogen and oxygen atoms in total. The molecule has 0 aromatic heterocycles. The maximum absolute atomic E-state index is 10.6. The van der Waals surface area contributed by atoms with Crippen molar-refractivity contribution >= 4 is 41.1 Å². The highest BCUT2D eigenvalue weighted by atomic mass is 35.5. The number of nitrogens with zero attached hydrogens (tertiary/aromatic N) is 1. The fraction of sp³-hybridized carbons (Fsp3) is 0.357. The summed E-state index contributed by atoms with van der Waals surface area (Å²) in [5.74, 6) is 0.126. The van der Waals surface area contributed by atoms with E-state index in [1.807, 2.05) is 30.9 Å². The Morgan fingerprint density at radius 1 is 1.53 bits per heavy atom. The van der Waals surface area contributed by atoms with Gasteiger partial charge in [-0.05, 0) is 36.6 Å². The first-order valence-electron chi connectivity index (χ1n) is 5.96. The molecule has 1 rings (SSSR count). The molecule has 0 unspecified atom stereocenters. The highest BCUT2D eigenvalue weighted by molar-refractivity contribution is 7.98. The van der Waals surface area contributed by atoms with E-state index in [0.717, 1.165) is 36.0 Å². The number of hydrogen-bond donors (Lipinski definition) is 1. The molecular formula is C14H18ClNO2S. The topological polar surface area (TPSA) is 40.5 Å². The van der Waals surface area contributed by atoms with Crippen LogP contribution in [-0.4, -0.2) is 36.7 Å². The molecule has 0 saturated heterocycles. The molecule has 0 bridgehead atoms. The van der Waals surface area contributed by atoms with Crippen molar-refractivity contribution in [1.82, 2.24) is 0 Å². The number of thioether (sulfide) groups is 1. The number of hydrogen-bond acceptors (Lipinski definition) is 3. The molecule has 1 aromatic rings. The summed E-state index contributed by atoms with van der Waals surface area (Å²) in [6, 6.07) is 5.59. The number of carboxylic acid groups (broad SMARTS) is 1. The third kappa shape index (κ3) is 5.17. The molecule has 0 heterocycles. The molecule has 0 amide bonds. The average molecular weight is 300 g/mol. The monoisotopic (exact) mass is 299 g/mol. The molecule has 0 aliphatic rings. The van der Waals surface area contributed by atoms with Crippen molar-refractivity contribution < 1.29 is 9.90 Å². The number of carbonyl (C=O) groups is 1. The van der Waals surface area contributed by atoms with Crippen molar-refractivity contribution in [2.45, 2.75) is 6.42 Å². The number of rotatable bonds is 7. The Morgan fingerprint density at radius 3 is 2.89 bits per heavy atom. The van der Waals surface area contributed by atoms with Crippen molar-refractivity contribution in [1.29, 1.82) is 0 Å². The predicted octanol–water partition coefficient (Wildman–Crippen LogP) is 3.63. The van der Waals surface area contributed by atoms with Crippen LogP contribution in [0.4, 0.5) is 5.69 Å². The molecule has 0 saturated carbocycles. The standard InChI is InChI=1S/C14H18ClNO2S/c1-16(9-4-10-19-2)13-6-3-5-12(15)11(13)7-8-14(17)18/h3,5-8H,4,9-10H2,1-2H3,(H,17,18)/b8-7+. The fourth-order valence-electron chi connectivity index (χ4n) is 1.74. The van der Waals surface area contributed by atoms with E-state index >= 15 is 0 Å². The van der Waals surface area contributed by atoms with E-state index in [1.54, 1.807) is 12.1 Å². The zero-order chi connectivity index (χ0) is 14.3. The average Bonchev–Trinajstić information content (AvgIpc) is 2.37. The summed E-state index contributed by atoms with van der Waals surface area (Å²) in [5.41, 5.74) is 1.70. The lowest BCUT2D eigenvalue weighted by Gasteiger charge is -2.22. The van der Waals surface area contributed by atoms with Gasteiger partial charge in [0.2, 0.25) is 0 Å². The van der Waals surface area contributed by atoms with E-state index in [2.05, 4.69) is 11.2 Å². The Bertz CT molecular complexity index is 463. The van der Waals surface area contributed by atoms with Crippen molar-refractivity contribution in [3.05, 3.63) is 34.9 Å². The van der Waals surface area contributed by atoms with Gasteiger partial charge in [-0.2, -0.15) is 11.8 Å². The van der Waals surface area contributed by atoms with Gasteiger partial charge >= 0.3 is 5.97 Å². The van der Waals surface area contributed by atoms with Gasteiger partial charge < -0.3 is 10.0 Å². The molecule has 5 heteroatoms. The number of anilines is 1. The molecule has 0 spiro atoms. The molecule has 0 fully saturated rings. The van der Waals surface area contributed by atoms with Crippen molar-refractivity contribution in [3.8, 4) is 0 Å². The maximum Gasteiger partial charge on any atom is 0.328 e. The Labute approximate surface area is 123 Å². The van der Waals surface area contributed by atoms with E-state index in [9.17, 15) is 4.79 Å². The van der Waals surface area contributed by atoms with Crippen molar-refractivity contribution in [2.24, 2.45) is 0 Å². The Kier molecular flexibility index (Phi) is 6.81. The molecule has 0 aliphatic carbocycles. The second-order valence-corrected chi connectivity index (χ2v) is 5.50. The number of aliphatic carboxylic acids is 1. The van der Waals surface area contributed by atoms with Crippen LogP contribution in [0.1, 0.15) is 12.0 Å². The van der Waals surface area contributed by atoms with Crippen LogP contribution in [-0.2, 0) is 4.79 Å². The van der Waals surface area contributed by atoms with Crippen LogP contribution in [0.5, 0.6) is 0 Å². The predicted molar refractivity (Wildman–Crippen MR) is 84.4 cm³/mol. The maximum atomic E-state index is 10.6. The van der Waals surface area contributed by atoms with Crippen LogP contribution in [0.2, 0.25) is 5.02 Å².